The van der Waals surface area contributed by atoms with Crippen LogP contribution < -0.4 is 10.6 Å². The maximum atomic E-state index is 11.4. The van der Waals surface area contributed by atoms with Crippen molar-refractivity contribution in [2.75, 3.05) is 13.2 Å². The number of hydrogen-bond acceptors (Lipinski definition) is 3. The van der Waals surface area contributed by atoms with E-state index in [4.69, 9.17) is 4.74 Å². The Balaban J connectivity index is 2.33. The fourth-order valence-electron chi connectivity index (χ4n) is 1.23. The van der Waals surface area contributed by atoms with Crippen molar-refractivity contribution >= 4 is 6.03 Å². The highest BCUT2D eigenvalue weighted by molar-refractivity contribution is 5.75. The largest absolute Gasteiger partial charge is 0.388 e. The number of carbonyl (C=O) groups is 1. The molecule has 5 heteroatoms. The molecule has 0 aliphatic carbocycles. The van der Waals surface area contributed by atoms with Gasteiger partial charge in [-0.2, -0.15) is 0 Å². The van der Waals surface area contributed by atoms with Crippen molar-refractivity contribution < 1.29 is 14.6 Å². The van der Waals surface area contributed by atoms with Crippen LogP contribution in [0.25, 0.3) is 0 Å². The van der Waals surface area contributed by atoms with Crippen molar-refractivity contribution in [3.63, 3.8) is 0 Å². The van der Waals surface area contributed by atoms with Gasteiger partial charge in [0, 0.05) is 5.54 Å². The van der Waals surface area contributed by atoms with E-state index in [1.807, 2.05) is 20.8 Å². The molecule has 2 unspecified atom stereocenters. The Kier molecular flexibility index (Phi) is 3.34. The monoisotopic (exact) mass is 202 g/mol. The fourth-order valence-corrected chi connectivity index (χ4v) is 1.23. The summed E-state index contributed by atoms with van der Waals surface area (Å²) in [5.41, 5.74) is -0.269. The van der Waals surface area contributed by atoms with Crippen LogP contribution in [-0.2, 0) is 4.74 Å². The van der Waals surface area contributed by atoms with E-state index >= 15 is 0 Å². The van der Waals surface area contributed by atoms with Gasteiger partial charge < -0.3 is 20.5 Å². The van der Waals surface area contributed by atoms with Crippen molar-refractivity contribution in [1.82, 2.24) is 10.6 Å². The molecule has 1 fully saturated rings. The molecule has 0 aromatic heterocycles. The van der Waals surface area contributed by atoms with Gasteiger partial charge in [0.15, 0.2) is 0 Å². The molecule has 82 valence electrons. The molecule has 3 N–H and O–H groups in total. The van der Waals surface area contributed by atoms with Crippen molar-refractivity contribution in [2.24, 2.45) is 0 Å². The van der Waals surface area contributed by atoms with E-state index in [9.17, 15) is 9.90 Å². The third-order valence-electron chi connectivity index (χ3n) is 1.86. The Bertz CT molecular complexity index is 213. The lowest BCUT2D eigenvalue weighted by Crippen LogP contribution is -2.52. The molecule has 5 nitrogen and oxygen atoms in total. The molecule has 0 aromatic carbocycles. The van der Waals surface area contributed by atoms with E-state index in [0.29, 0.717) is 13.2 Å². The van der Waals surface area contributed by atoms with Gasteiger partial charge in [-0.15, -0.1) is 0 Å². The first-order chi connectivity index (χ1) is 6.38. The second-order valence-electron chi connectivity index (χ2n) is 4.56. The zero-order valence-electron chi connectivity index (χ0n) is 8.83. The van der Waals surface area contributed by atoms with Crippen molar-refractivity contribution in [3.8, 4) is 0 Å². The molecule has 2 amide bonds. The van der Waals surface area contributed by atoms with Gasteiger partial charge in [-0.3, -0.25) is 0 Å². The lowest BCUT2D eigenvalue weighted by Gasteiger charge is -2.23. The van der Waals surface area contributed by atoms with E-state index in [-0.39, 0.29) is 17.6 Å². The second kappa shape index (κ2) is 4.14. The first kappa shape index (κ1) is 11.3. The number of aliphatic hydroxyl groups is 1. The van der Waals surface area contributed by atoms with Gasteiger partial charge in [-0.25, -0.2) is 4.79 Å². The summed E-state index contributed by atoms with van der Waals surface area (Å²) in [6, 6.07) is -0.565. The van der Waals surface area contributed by atoms with Crippen LogP contribution in [0, 0.1) is 0 Å². The molecule has 0 spiro atoms. The standard InChI is InChI=1S/C9H18N2O3/c1-9(2,3)11-8(13)10-6-4-14-5-7(6)12/h6-7,12H,4-5H2,1-3H3,(H2,10,11,13). The molecule has 14 heavy (non-hydrogen) atoms. The summed E-state index contributed by atoms with van der Waals surface area (Å²) in [6.07, 6.45) is -0.597. The van der Waals surface area contributed by atoms with Crippen LogP contribution in [-0.4, -0.2) is 42.0 Å². The average Bonchev–Trinajstić information content (AvgIpc) is 2.32. The molecule has 0 bridgehead atoms. The predicted molar refractivity (Wildman–Crippen MR) is 52.0 cm³/mol. The van der Waals surface area contributed by atoms with Gasteiger partial charge in [0.05, 0.1) is 25.4 Å². The number of carbonyl (C=O) groups excluding carboxylic acids is 1. The second-order valence-corrected chi connectivity index (χ2v) is 4.56. The molecule has 1 aliphatic heterocycles. The van der Waals surface area contributed by atoms with E-state index < -0.39 is 6.10 Å². The van der Waals surface area contributed by atoms with Gasteiger partial charge in [0.2, 0.25) is 0 Å². The molecule has 0 saturated carbocycles. The van der Waals surface area contributed by atoms with Crippen LogP contribution in [0.4, 0.5) is 4.79 Å². The van der Waals surface area contributed by atoms with Crippen LogP contribution >= 0.6 is 0 Å². The van der Waals surface area contributed by atoms with Crippen molar-refractivity contribution in [2.45, 2.75) is 38.5 Å². The Hall–Kier alpha value is -0.810. The third-order valence-corrected chi connectivity index (χ3v) is 1.86. The summed E-state index contributed by atoms with van der Waals surface area (Å²) in [4.78, 5) is 11.4. The summed E-state index contributed by atoms with van der Waals surface area (Å²) in [6.45, 7) is 6.36. The number of aliphatic hydroxyl groups excluding tert-OH is 1. The number of hydrogen-bond donors (Lipinski definition) is 3. The van der Waals surface area contributed by atoms with E-state index in [1.165, 1.54) is 0 Å². The van der Waals surface area contributed by atoms with Gasteiger partial charge >= 0.3 is 6.03 Å². The highest BCUT2D eigenvalue weighted by Gasteiger charge is 2.28. The van der Waals surface area contributed by atoms with Gasteiger partial charge in [0.1, 0.15) is 0 Å². The number of rotatable bonds is 1. The first-order valence-electron chi connectivity index (χ1n) is 4.73. The van der Waals surface area contributed by atoms with Gasteiger partial charge in [0.25, 0.3) is 0 Å². The molecule has 2 atom stereocenters. The van der Waals surface area contributed by atoms with Crippen LogP contribution in [0.2, 0.25) is 0 Å². The predicted octanol–water partition coefficient (Wildman–Crippen LogP) is -0.156. The Labute approximate surface area is 83.8 Å². The smallest absolute Gasteiger partial charge is 0.315 e. The summed E-state index contributed by atoms with van der Waals surface area (Å²) < 4.78 is 5.01. The summed E-state index contributed by atoms with van der Waals surface area (Å²) >= 11 is 0. The van der Waals surface area contributed by atoms with Gasteiger partial charge in [-0.05, 0) is 20.8 Å². The lowest BCUT2D eigenvalue weighted by molar-refractivity contribution is 0.122. The molecule has 1 rings (SSSR count). The fraction of sp³-hybridized carbons (Fsp3) is 0.889. The molecule has 1 heterocycles. The lowest BCUT2D eigenvalue weighted by atomic mass is 10.1. The minimum Gasteiger partial charge on any atom is -0.388 e. The average molecular weight is 202 g/mol. The number of amides is 2. The SMILES string of the molecule is CC(C)(C)NC(=O)NC1COCC1O. The number of ether oxygens (including phenoxy) is 1. The maximum Gasteiger partial charge on any atom is 0.315 e. The number of urea groups is 1. The van der Waals surface area contributed by atoms with Crippen LogP contribution in [0.5, 0.6) is 0 Å². The highest BCUT2D eigenvalue weighted by Crippen LogP contribution is 2.05. The van der Waals surface area contributed by atoms with Crippen molar-refractivity contribution in [1.29, 1.82) is 0 Å². The molecule has 0 radical (unpaired) electrons. The van der Waals surface area contributed by atoms with Crippen LogP contribution in [0.1, 0.15) is 20.8 Å². The zero-order chi connectivity index (χ0) is 10.8. The van der Waals surface area contributed by atoms with Crippen LogP contribution in [0.3, 0.4) is 0 Å². The highest BCUT2D eigenvalue weighted by atomic mass is 16.5. The summed E-state index contributed by atoms with van der Waals surface area (Å²) in [7, 11) is 0. The van der Waals surface area contributed by atoms with E-state index in [1.54, 1.807) is 0 Å². The minimum absolute atomic E-state index is 0.269. The zero-order valence-corrected chi connectivity index (χ0v) is 8.83. The topological polar surface area (TPSA) is 70.6 Å². The Morgan fingerprint density at radius 3 is 2.50 bits per heavy atom. The number of nitrogens with one attached hydrogen (secondary N) is 2. The molecular weight excluding hydrogens is 184 g/mol. The Morgan fingerprint density at radius 1 is 1.43 bits per heavy atom. The summed E-state index contributed by atoms with van der Waals surface area (Å²) in [5, 5.41) is 14.8. The normalized spacial score (nSPS) is 27.4. The van der Waals surface area contributed by atoms with Crippen LogP contribution in [0.15, 0.2) is 0 Å². The van der Waals surface area contributed by atoms with E-state index in [2.05, 4.69) is 10.6 Å². The maximum absolute atomic E-state index is 11.4. The third kappa shape index (κ3) is 3.51. The van der Waals surface area contributed by atoms with Crippen molar-refractivity contribution in [3.05, 3.63) is 0 Å². The summed E-state index contributed by atoms with van der Waals surface area (Å²) in [5.74, 6) is 0. The molecule has 1 aliphatic rings. The molecular formula is C9H18N2O3. The van der Waals surface area contributed by atoms with Gasteiger partial charge in [-0.1, -0.05) is 0 Å². The first-order valence-corrected chi connectivity index (χ1v) is 4.73. The van der Waals surface area contributed by atoms with E-state index in [0.717, 1.165) is 0 Å². The Morgan fingerprint density at radius 2 is 2.07 bits per heavy atom. The molecule has 1 saturated heterocycles. The minimum atomic E-state index is -0.597. The molecule has 0 aromatic rings. The quantitative estimate of drug-likeness (QED) is 0.553.